The normalized spacial score (nSPS) is 12.2. The number of carbonyl (C=O) groups excluding carboxylic acids is 1. The molecule has 0 saturated heterocycles. The first-order chi connectivity index (χ1) is 7.61. The summed E-state index contributed by atoms with van der Waals surface area (Å²) >= 11 is 0. The smallest absolute Gasteiger partial charge is 0.320 e. The van der Waals surface area contributed by atoms with Gasteiger partial charge in [0.25, 0.3) is 0 Å². The first-order valence-electron chi connectivity index (χ1n) is 5.30. The second-order valence-electron chi connectivity index (χ2n) is 3.74. The van der Waals surface area contributed by atoms with Gasteiger partial charge in [-0.25, -0.2) is 4.79 Å². The lowest BCUT2D eigenvalue weighted by molar-refractivity contribution is 0.245. The largest absolute Gasteiger partial charge is 0.396 e. The fraction of sp³-hybridized carbons (Fsp3) is 0.600. The van der Waals surface area contributed by atoms with E-state index < -0.39 is 0 Å². The Morgan fingerprint density at radius 1 is 1.69 bits per heavy atom. The molecule has 6 heteroatoms. The van der Waals surface area contributed by atoms with Gasteiger partial charge in [0, 0.05) is 32.0 Å². The van der Waals surface area contributed by atoms with Crippen molar-refractivity contribution in [2.75, 3.05) is 11.9 Å². The summed E-state index contributed by atoms with van der Waals surface area (Å²) in [6.07, 6.45) is 3.20. The number of carbonyl (C=O) groups is 1. The molecule has 6 nitrogen and oxygen atoms in total. The number of aliphatic hydroxyl groups excluding tert-OH is 1. The Labute approximate surface area is 94.6 Å². The van der Waals surface area contributed by atoms with Crippen LogP contribution in [-0.4, -0.2) is 33.6 Å². The lowest BCUT2D eigenvalue weighted by Crippen LogP contribution is -2.36. The summed E-state index contributed by atoms with van der Waals surface area (Å²) in [5.74, 6) is 0.523. The minimum atomic E-state index is -0.274. The van der Waals surface area contributed by atoms with Gasteiger partial charge in [-0.3, -0.25) is 10.00 Å². The molecule has 1 rings (SSSR count). The zero-order valence-corrected chi connectivity index (χ0v) is 9.60. The number of amides is 2. The molecule has 0 aromatic carbocycles. The van der Waals surface area contributed by atoms with Crippen molar-refractivity contribution in [1.82, 2.24) is 15.1 Å². The number of aliphatic hydroxyl groups is 1. The summed E-state index contributed by atoms with van der Waals surface area (Å²) in [7, 11) is 1.78. The van der Waals surface area contributed by atoms with E-state index >= 15 is 0 Å². The van der Waals surface area contributed by atoms with Gasteiger partial charge in [0.05, 0.1) is 0 Å². The molecule has 1 unspecified atom stereocenters. The van der Waals surface area contributed by atoms with E-state index in [9.17, 15) is 4.79 Å². The number of rotatable bonds is 5. The zero-order chi connectivity index (χ0) is 12.0. The van der Waals surface area contributed by atoms with E-state index in [-0.39, 0.29) is 18.7 Å². The van der Waals surface area contributed by atoms with E-state index in [4.69, 9.17) is 5.11 Å². The van der Waals surface area contributed by atoms with Crippen LogP contribution in [0.3, 0.4) is 0 Å². The molecule has 1 aromatic heterocycles. The molecule has 0 fully saturated rings. The van der Waals surface area contributed by atoms with E-state index in [0.717, 1.165) is 6.42 Å². The van der Waals surface area contributed by atoms with E-state index in [1.807, 2.05) is 6.92 Å². The molecule has 3 N–H and O–H groups in total. The summed E-state index contributed by atoms with van der Waals surface area (Å²) in [4.78, 5) is 11.5. The molecule has 0 aliphatic carbocycles. The minimum Gasteiger partial charge on any atom is -0.396 e. The van der Waals surface area contributed by atoms with Gasteiger partial charge in [0.15, 0.2) is 5.82 Å². The Morgan fingerprint density at radius 2 is 2.44 bits per heavy atom. The number of aromatic nitrogens is 2. The van der Waals surface area contributed by atoms with Crippen LogP contribution in [0.2, 0.25) is 0 Å². The van der Waals surface area contributed by atoms with Crippen molar-refractivity contribution >= 4 is 11.8 Å². The van der Waals surface area contributed by atoms with Crippen LogP contribution in [0.4, 0.5) is 10.6 Å². The number of nitrogens with one attached hydrogen (secondary N) is 2. The Hall–Kier alpha value is -1.56. The number of hydrogen-bond donors (Lipinski definition) is 3. The number of aryl methyl sites for hydroxylation is 1. The van der Waals surface area contributed by atoms with Crippen molar-refractivity contribution in [1.29, 1.82) is 0 Å². The van der Waals surface area contributed by atoms with Crippen molar-refractivity contribution in [3.63, 3.8) is 0 Å². The van der Waals surface area contributed by atoms with E-state index in [1.165, 1.54) is 0 Å². The molecule has 16 heavy (non-hydrogen) atoms. The SMILES string of the molecule is CC(CCCO)NC(=O)Nc1ccn(C)n1. The van der Waals surface area contributed by atoms with Gasteiger partial charge in [-0.2, -0.15) is 5.10 Å². The first-order valence-corrected chi connectivity index (χ1v) is 5.30. The fourth-order valence-electron chi connectivity index (χ4n) is 1.33. The van der Waals surface area contributed by atoms with Crippen molar-refractivity contribution in [3.8, 4) is 0 Å². The van der Waals surface area contributed by atoms with Crippen LogP contribution in [0, 0.1) is 0 Å². The van der Waals surface area contributed by atoms with Crippen LogP contribution in [0.1, 0.15) is 19.8 Å². The Morgan fingerprint density at radius 3 is 3.00 bits per heavy atom. The molecule has 2 amide bonds. The van der Waals surface area contributed by atoms with Crippen molar-refractivity contribution in [2.24, 2.45) is 7.05 Å². The molecule has 1 atom stereocenters. The number of urea groups is 1. The van der Waals surface area contributed by atoms with Crippen molar-refractivity contribution in [2.45, 2.75) is 25.8 Å². The fourth-order valence-corrected chi connectivity index (χ4v) is 1.33. The van der Waals surface area contributed by atoms with Gasteiger partial charge >= 0.3 is 6.03 Å². The van der Waals surface area contributed by atoms with E-state index in [0.29, 0.717) is 12.2 Å². The molecule has 0 aliphatic rings. The number of hydrogen-bond acceptors (Lipinski definition) is 3. The van der Waals surface area contributed by atoms with Crippen LogP contribution < -0.4 is 10.6 Å². The lowest BCUT2D eigenvalue weighted by Gasteiger charge is -2.12. The number of nitrogens with zero attached hydrogens (tertiary/aromatic N) is 2. The molecule has 1 aromatic rings. The van der Waals surface area contributed by atoms with Crippen LogP contribution in [0.5, 0.6) is 0 Å². The summed E-state index contributed by atoms with van der Waals surface area (Å²) < 4.78 is 1.62. The average Bonchev–Trinajstić information content (AvgIpc) is 2.60. The molecule has 0 bridgehead atoms. The maximum absolute atomic E-state index is 11.5. The van der Waals surface area contributed by atoms with Gasteiger partial charge in [0.2, 0.25) is 0 Å². The maximum Gasteiger partial charge on any atom is 0.320 e. The summed E-state index contributed by atoms with van der Waals surface area (Å²) in [5.41, 5.74) is 0. The van der Waals surface area contributed by atoms with E-state index in [1.54, 1.807) is 24.0 Å². The first kappa shape index (κ1) is 12.5. The zero-order valence-electron chi connectivity index (χ0n) is 9.60. The molecular weight excluding hydrogens is 208 g/mol. The average molecular weight is 226 g/mol. The van der Waals surface area contributed by atoms with Gasteiger partial charge in [-0.15, -0.1) is 0 Å². The van der Waals surface area contributed by atoms with Gasteiger partial charge in [-0.1, -0.05) is 0 Å². The summed E-state index contributed by atoms with van der Waals surface area (Å²) in [6, 6.07) is 1.48. The lowest BCUT2D eigenvalue weighted by atomic mass is 10.2. The summed E-state index contributed by atoms with van der Waals surface area (Å²) in [6.45, 7) is 2.04. The third kappa shape index (κ3) is 4.31. The van der Waals surface area contributed by atoms with Crippen LogP contribution in [-0.2, 0) is 7.05 Å². The molecule has 90 valence electrons. The Balaban J connectivity index is 2.30. The van der Waals surface area contributed by atoms with Gasteiger partial charge in [-0.05, 0) is 19.8 Å². The third-order valence-corrected chi connectivity index (χ3v) is 2.13. The standard InChI is InChI=1S/C10H18N4O2/c1-8(4-3-7-15)11-10(16)12-9-5-6-14(2)13-9/h5-6,8,15H,3-4,7H2,1-2H3,(H2,11,12,13,16). The highest BCUT2D eigenvalue weighted by molar-refractivity contribution is 5.88. The topological polar surface area (TPSA) is 79.2 Å². The molecule has 0 spiro atoms. The minimum absolute atomic E-state index is 0.0378. The molecular formula is C10H18N4O2. The molecule has 1 heterocycles. The van der Waals surface area contributed by atoms with Crippen molar-refractivity contribution in [3.05, 3.63) is 12.3 Å². The maximum atomic E-state index is 11.5. The van der Waals surface area contributed by atoms with Crippen LogP contribution in [0.15, 0.2) is 12.3 Å². The quantitative estimate of drug-likeness (QED) is 0.691. The second kappa shape index (κ2) is 6.12. The summed E-state index contributed by atoms with van der Waals surface area (Å²) in [5, 5.41) is 18.1. The highest BCUT2D eigenvalue weighted by Crippen LogP contribution is 2.01. The van der Waals surface area contributed by atoms with Crippen molar-refractivity contribution < 1.29 is 9.90 Å². The third-order valence-electron chi connectivity index (χ3n) is 2.13. The van der Waals surface area contributed by atoms with Crippen LogP contribution in [0.25, 0.3) is 0 Å². The highest BCUT2D eigenvalue weighted by atomic mass is 16.3. The predicted octanol–water partition coefficient (Wildman–Crippen LogP) is 0.703. The monoisotopic (exact) mass is 226 g/mol. The van der Waals surface area contributed by atoms with Gasteiger partial charge < -0.3 is 10.4 Å². The molecule has 0 aliphatic heterocycles. The Bertz CT molecular complexity index is 337. The molecule has 0 radical (unpaired) electrons. The molecule has 0 saturated carbocycles. The van der Waals surface area contributed by atoms with Crippen LogP contribution >= 0.6 is 0 Å². The van der Waals surface area contributed by atoms with E-state index in [2.05, 4.69) is 15.7 Å². The van der Waals surface area contributed by atoms with Gasteiger partial charge in [0.1, 0.15) is 0 Å². The highest BCUT2D eigenvalue weighted by Gasteiger charge is 2.07. The second-order valence-corrected chi connectivity index (χ2v) is 3.74. The predicted molar refractivity (Wildman–Crippen MR) is 61.1 cm³/mol. The number of anilines is 1. The Kier molecular flexibility index (Phi) is 4.78.